The van der Waals surface area contributed by atoms with Crippen LogP contribution >= 0.6 is 0 Å². The second-order valence-electron chi connectivity index (χ2n) is 16.2. The molecule has 3 aliphatic heterocycles. The van der Waals surface area contributed by atoms with E-state index in [1.807, 2.05) is 30.3 Å². The Morgan fingerprint density at radius 3 is 2.35 bits per heavy atom. The maximum absolute atomic E-state index is 15.5. The molecule has 2 aromatic rings. The van der Waals surface area contributed by atoms with E-state index in [0.29, 0.717) is 24.0 Å². The molecular weight excluding hydrogens is 787 g/mol. The average Bonchev–Trinajstić information content (AvgIpc) is 3.78. The van der Waals surface area contributed by atoms with Gasteiger partial charge in [-0.1, -0.05) is 94.1 Å². The minimum Gasteiger partial charge on any atom is -0.458 e. The van der Waals surface area contributed by atoms with Crippen LogP contribution < -0.4 is 5.32 Å². The Bertz CT molecular complexity index is 1840. The lowest BCUT2D eigenvalue weighted by atomic mass is 9.62. The Morgan fingerprint density at radius 2 is 1.68 bits per heavy atom. The van der Waals surface area contributed by atoms with Gasteiger partial charge in [0.05, 0.1) is 13.2 Å². The number of amides is 2. The number of halogens is 3. The molecule has 0 aromatic heterocycles. The zero-order valence-electron chi connectivity index (χ0n) is 34.4. The molecule has 2 unspecified atom stereocenters. The fourth-order valence-electron chi connectivity index (χ4n) is 9.03. The van der Waals surface area contributed by atoms with Gasteiger partial charge in [-0.25, -0.2) is 4.79 Å². The van der Waals surface area contributed by atoms with Crippen molar-refractivity contribution in [1.82, 2.24) is 15.3 Å². The molecule has 1 saturated carbocycles. The van der Waals surface area contributed by atoms with Crippen molar-refractivity contribution in [1.29, 1.82) is 0 Å². The Kier molecular flexibility index (Phi) is 14.7. The molecule has 0 spiro atoms. The van der Waals surface area contributed by atoms with Crippen molar-refractivity contribution < 1.29 is 61.2 Å². The molecule has 3 heterocycles. The van der Waals surface area contributed by atoms with Gasteiger partial charge < -0.3 is 34.3 Å². The van der Waals surface area contributed by atoms with Crippen LogP contribution in [0.5, 0.6) is 0 Å². The first-order valence-corrected chi connectivity index (χ1v) is 20.9. The molecule has 2 N–H and O–H groups in total. The highest BCUT2D eigenvalue weighted by atomic mass is 19.4. The lowest BCUT2D eigenvalue weighted by molar-refractivity contribution is -0.225. The van der Waals surface area contributed by atoms with E-state index in [1.165, 1.54) is 23.1 Å². The quantitative estimate of drug-likeness (QED) is 0.0999. The van der Waals surface area contributed by atoms with E-state index in [1.54, 1.807) is 24.3 Å². The van der Waals surface area contributed by atoms with Crippen molar-refractivity contribution in [2.24, 2.45) is 5.41 Å². The van der Waals surface area contributed by atoms with Crippen LogP contribution in [-0.2, 0) is 55.9 Å². The third kappa shape index (κ3) is 10.0. The summed E-state index contributed by atoms with van der Waals surface area (Å²) in [5.74, 6) is -3.84. The van der Waals surface area contributed by atoms with E-state index < -0.39 is 84.2 Å². The fraction of sp³-hybridized carbons (Fsp3) is 0.591. The van der Waals surface area contributed by atoms with Crippen LogP contribution in [0, 0.1) is 5.41 Å². The van der Waals surface area contributed by atoms with Gasteiger partial charge in [-0.15, -0.1) is 0 Å². The molecule has 16 heteroatoms. The Morgan fingerprint density at radius 1 is 1.00 bits per heavy atom. The van der Waals surface area contributed by atoms with Gasteiger partial charge in [0, 0.05) is 45.4 Å². The number of aliphatic hydroxyl groups is 1. The standard InChI is InChI=1S/C44H56F3N3O10/c1-4-6-11-20-42(21-12-7-5-2)58-35-33-26-43(41(55)49(3)32(39(53)48-22-23-51)25-29-14-9-8-10-15-29)37(40(54)57-33)50(60-38(43)36(35)59-42)27-31-17-13-16-30(24-31)18-19-34(52)56-28-44(45,46)47/h8-10,13-19,24,32-33,35-38,51H,4-7,11-12,20-23,25-28H2,1-3H3,(H,48,53)/t32-,33?,35+,36+,37+,38-,43?/m1/s1. The number of nitrogens with zero attached hydrogens (tertiary/aromatic N) is 2. The van der Waals surface area contributed by atoms with E-state index in [2.05, 4.69) is 23.9 Å². The third-order valence-electron chi connectivity index (χ3n) is 11.8. The minimum atomic E-state index is -4.67. The Labute approximate surface area is 348 Å². The molecule has 2 aromatic carbocycles. The van der Waals surface area contributed by atoms with Crippen molar-refractivity contribution in [3.8, 4) is 0 Å². The van der Waals surface area contributed by atoms with Gasteiger partial charge in [-0.2, -0.15) is 18.2 Å². The highest BCUT2D eigenvalue weighted by Crippen LogP contribution is 2.58. The van der Waals surface area contributed by atoms with Crippen LogP contribution in [-0.4, -0.2) is 114 Å². The number of fused-ring (bicyclic) bond motifs is 4. The first kappa shape index (κ1) is 45.2. The number of ether oxygens (including phenoxy) is 4. The Balaban J connectivity index is 1.36. The van der Waals surface area contributed by atoms with Gasteiger partial charge in [-0.05, 0) is 35.6 Å². The van der Waals surface area contributed by atoms with E-state index in [4.69, 9.17) is 19.0 Å². The van der Waals surface area contributed by atoms with Gasteiger partial charge >= 0.3 is 18.1 Å². The molecule has 328 valence electrons. The normalized spacial score (nSPS) is 26.1. The third-order valence-corrected chi connectivity index (χ3v) is 11.8. The van der Waals surface area contributed by atoms with Crippen molar-refractivity contribution in [2.75, 3.05) is 26.8 Å². The average molecular weight is 844 g/mol. The van der Waals surface area contributed by atoms with Crippen molar-refractivity contribution in [3.05, 3.63) is 77.4 Å². The van der Waals surface area contributed by atoms with E-state index in [-0.39, 0.29) is 32.5 Å². The molecule has 2 amide bonds. The number of hydrogen-bond donors (Lipinski definition) is 2. The molecule has 4 fully saturated rings. The number of aliphatic hydroxyl groups excluding tert-OH is 1. The molecule has 60 heavy (non-hydrogen) atoms. The predicted molar refractivity (Wildman–Crippen MR) is 211 cm³/mol. The number of carbonyl (C=O) groups is 4. The monoisotopic (exact) mass is 843 g/mol. The summed E-state index contributed by atoms with van der Waals surface area (Å²) < 4.78 is 62.1. The zero-order valence-corrected chi connectivity index (χ0v) is 34.4. The molecule has 13 nitrogen and oxygen atoms in total. The van der Waals surface area contributed by atoms with Crippen molar-refractivity contribution in [3.63, 3.8) is 0 Å². The number of rotatable bonds is 20. The Hall–Kier alpha value is -4.35. The topological polar surface area (TPSA) is 153 Å². The van der Waals surface area contributed by atoms with Gasteiger partial charge in [0.2, 0.25) is 11.8 Å². The number of likely N-dealkylation sites (N-methyl/N-ethyl adjacent to an activating group) is 1. The molecule has 2 bridgehead atoms. The van der Waals surface area contributed by atoms with Crippen molar-refractivity contribution in [2.45, 2.75) is 133 Å². The van der Waals surface area contributed by atoms with Crippen LogP contribution in [0.4, 0.5) is 13.2 Å². The fourth-order valence-corrected chi connectivity index (χ4v) is 9.03. The van der Waals surface area contributed by atoms with E-state index >= 15 is 4.79 Å². The van der Waals surface area contributed by atoms with Crippen LogP contribution in [0.2, 0.25) is 0 Å². The summed E-state index contributed by atoms with van der Waals surface area (Å²) in [6.45, 7) is 2.15. The molecule has 6 rings (SSSR count). The van der Waals surface area contributed by atoms with Gasteiger partial charge in [0.25, 0.3) is 0 Å². The lowest BCUT2D eigenvalue weighted by Gasteiger charge is -2.50. The smallest absolute Gasteiger partial charge is 0.422 e. The number of alkyl halides is 3. The number of carbonyl (C=O) groups excluding carboxylic acids is 4. The van der Waals surface area contributed by atoms with Crippen LogP contribution in [0.25, 0.3) is 6.08 Å². The number of hydroxylamine groups is 2. The summed E-state index contributed by atoms with van der Waals surface area (Å²) >= 11 is 0. The number of benzene rings is 2. The largest absolute Gasteiger partial charge is 0.458 e. The molecule has 1 aliphatic carbocycles. The van der Waals surface area contributed by atoms with E-state index in [9.17, 15) is 32.7 Å². The number of unbranched alkanes of at least 4 members (excludes halogenated alkanes) is 4. The maximum Gasteiger partial charge on any atom is 0.422 e. The first-order valence-electron chi connectivity index (χ1n) is 20.9. The number of esters is 2. The summed E-state index contributed by atoms with van der Waals surface area (Å²) in [6.07, 6.45) is 1.08. The second-order valence-corrected chi connectivity index (χ2v) is 16.2. The van der Waals surface area contributed by atoms with Gasteiger partial charge in [-0.3, -0.25) is 19.2 Å². The maximum atomic E-state index is 15.5. The van der Waals surface area contributed by atoms with Gasteiger partial charge in [0.15, 0.2) is 18.4 Å². The predicted octanol–water partition coefficient (Wildman–Crippen LogP) is 5.42. The number of nitrogens with one attached hydrogen (secondary N) is 1. The molecule has 7 atom stereocenters. The van der Waals surface area contributed by atoms with Gasteiger partial charge in [0.1, 0.15) is 35.9 Å². The van der Waals surface area contributed by atoms with Crippen molar-refractivity contribution >= 4 is 29.8 Å². The molecule has 4 aliphatic rings. The second kappa shape index (κ2) is 19.6. The summed E-state index contributed by atoms with van der Waals surface area (Å²) in [5.41, 5.74) is 0.250. The highest BCUT2D eigenvalue weighted by molar-refractivity contribution is 5.96. The lowest BCUT2D eigenvalue weighted by Crippen LogP contribution is -2.70. The van der Waals surface area contributed by atoms with Crippen LogP contribution in [0.15, 0.2) is 60.7 Å². The molecule has 0 radical (unpaired) electrons. The summed E-state index contributed by atoms with van der Waals surface area (Å²) in [6, 6.07) is 13.6. The zero-order chi connectivity index (χ0) is 43.1. The van der Waals surface area contributed by atoms with Crippen LogP contribution in [0.1, 0.15) is 88.3 Å². The summed E-state index contributed by atoms with van der Waals surface area (Å²) in [5, 5.41) is 13.7. The minimum absolute atomic E-state index is 0.0239. The molecule has 3 saturated heterocycles. The SMILES string of the molecule is CCCCCC1(CCCCC)O[C@@H]2[C@H]3ON(Cc4cccc(C=CC(=O)OCC(F)(F)F)c4)[C@H]4C(=O)OC(CC34C(=O)N(C)[C@H](Cc3ccccc3)C(=O)NCCO)[C@@H]2O1. The molecular formula is C44H56F3N3O10. The number of hydrogen-bond acceptors (Lipinski definition) is 11. The summed E-state index contributed by atoms with van der Waals surface area (Å²) in [7, 11) is 1.54. The van der Waals surface area contributed by atoms with Crippen LogP contribution in [0.3, 0.4) is 0 Å². The first-order chi connectivity index (χ1) is 28.7. The highest BCUT2D eigenvalue weighted by Gasteiger charge is 2.76. The summed E-state index contributed by atoms with van der Waals surface area (Å²) in [4.78, 5) is 63.9. The van der Waals surface area contributed by atoms with E-state index in [0.717, 1.165) is 50.2 Å².